The van der Waals surface area contributed by atoms with Crippen LogP contribution in [-0.2, 0) is 4.79 Å². The lowest BCUT2D eigenvalue weighted by atomic mass is 9.98. The molecule has 0 radical (unpaired) electrons. The molecule has 0 spiro atoms. The van der Waals surface area contributed by atoms with Crippen LogP contribution in [0, 0.1) is 0 Å². The predicted molar refractivity (Wildman–Crippen MR) is 64.1 cm³/mol. The van der Waals surface area contributed by atoms with E-state index in [2.05, 4.69) is 11.8 Å². The summed E-state index contributed by atoms with van der Waals surface area (Å²) >= 11 is 0. The standard InChI is InChI=1S/C12H23N3O/c1-2-14-7-3-5-10(9-14)15-8-4-6-11(13)12(15)16/h10-11H,2-9,13H2,1H3. The van der Waals surface area contributed by atoms with E-state index < -0.39 is 0 Å². The fraction of sp³-hybridized carbons (Fsp3) is 0.917. The number of nitrogens with zero attached hydrogens (tertiary/aromatic N) is 2. The molecule has 16 heavy (non-hydrogen) atoms. The summed E-state index contributed by atoms with van der Waals surface area (Å²) in [5.41, 5.74) is 5.84. The minimum atomic E-state index is -0.245. The highest BCUT2D eigenvalue weighted by Gasteiger charge is 2.32. The topological polar surface area (TPSA) is 49.6 Å². The number of hydrogen-bond acceptors (Lipinski definition) is 3. The molecule has 4 nitrogen and oxygen atoms in total. The van der Waals surface area contributed by atoms with Crippen LogP contribution >= 0.6 is 0 Å². The minimum Gasteiger partial charge on any atom is -0.337 e. The molecule has 2 aliphatic heterocycles. The first-order valence-corrected chi connectivity index (χ1v) is 6.50. The van der Waals surface area contributed by atoms with Crippen molar-refractivity contribution in [3.63, 3.8) is 0 Å². The van der Waals surface area contributed by atoms with Crippen molar-refractivity contribution in [1.29, 1.82) is 0 Å². The van der Waals surface area contributed by atoms with Gasteiger partial charge in [0.2, 0.25) is 5.91 Å². The van der Waals surface area contributed by atoms with Crippen LogP contribution in [0.15, 0.2) is 0 Å². The molecule has 2 atom stereocenters. The maximum absolute atomic E-state index is 12.0. The lowest BCUT2D eigenvalue weighted by Gasteiger charge is -2.42. The third-order valence-corrected chi connectivity index (χ3v) is 3.88. The van der Waals surface area contributed by atoms with E-state index in [4.69, 9.17) is 5.73 Å². The number of nitrogens with two attached hydrogens (primary N) is 1. The van der Waals surface area contributed by atoms with Gasteiger partial charge in [-0.15, -0.1) is 0 Å². The fourth-order valence-corrected chi connectivity index (χ4v) is 2.86. The van der Waals surface area contributed by atoms with Crippen LogP contribution in [0.25, 0.3) is 0 Å². The van der Waals surface area contributed by atoms with Crippen LogP contribution in [0.5, 0.6) is 0 Å². The van der Waals surface area contributed by atoms with Gasteiger partial charge in [-0.3, -0.25) is 4.79 Å². The highest BCUT2D eigenvalue weighted by atomic mass is 16.2. The highest BCUT2D eigenvalue weighted by molar-refractivity contribution is 5.82. The van der Waals surface area contributed by atoms with Crippen LogP contribution in [0.3, 0.4) is 0 Å². The average molecular weight is 225 g/mol. The Kier molecular flexibility index (Phi) is 3.82. The third-order valence-electron chi connectivity index (χ3n) is 3.88. The number of carbonyl (C=O) groups excluding carboxylic acids is 1. The molecule has 2 heterocycles. The Labute approximate surface area is 97.8 Å². The number of rotatable bonds is 2. The SMILES string of the molecule is CCN1CCCC(N2CCCC(N)C2=O)C1. The summed E-state index contributed by atoms with van der Waals surface area (Å²) in [4.78, 5) is 16.5. The van der Waals surface area contributed by atoms with Gasteiger partial charge in [-0.05, 0) is 38.8 Å². The molecular weight excluding hydrogens is 202 g/mol. The van der Waals surface area contributed by atoms with Gasteiger partial charge in [0.15, 0.2) is 0 Å². The molecule has 2 N–H and O–H groups in total. The van der Waals surface area contributed by atoms with Crippen LogP contribution in [-0.4, -0.2) is 54.0 Å². The molecule has 4 heteroatoms. The van der Waals surface area contributed by atoms with E-state index >= 15 is 0 Å². The van der Waals surface area contributed by atoms with Gasteiger partial charge in [0.05, 0.1) is 6.04 Å². The first-order chi connectivity index (χ1) is 7.72. The molecule has 0 aromatic rings. The van der Waals surface area contributed by atoms with Crippen molar-refractivity contribution >= 4 is 5.91 Å². The molecule has 92 valence electrons. The normalized spacial score (nSPS) is 33.1. The number of piperidine rings is 2. The maximum atomic E-state index is 12.0. The molecule has 2 rings (SSSR count). The van der Waals surface area contributed by atoms with Crippen molar-refractivity contribution in [3.05, 3.63) is 0 Å². The molecular formula is C12H23N3O. The molecule has 0 aromatic heterocycles. The highest BCUT2D eigenvalue weighted by Crippen LogP contribution is 2.20. The zero-order valence-electron chi connectivity index (χ0n) is 10.2. The van der Waals surface area contributed by atoms with Crippen molar-refractivity contribution in [2.24, 2.45) is 5.73 Å². The smallest absolute Gasteiger partial charge is 0.239 e. The third kappa shape index (κ3) is 2.38. The van der Waals surface area contributed by atoms with E-state index in [-0.39, 0.29) is 11.9 Å². The van der Waals surface area contributed by atoms with Crippen molar-refractivity contribution in [1.82, 2.24) is 9.80 Å². The molecule has 0 bridgehead atoms. The summed E-state index contributed by atoms with van der Waals surface area (Å²) in [6.45, 7) is 6.40. The number of carbonyl (C=O) groups is 1. The van der Waals surface area contributed by atoms with E-state index in [1.807, 2.05) is 4.90 Å². The summed E-state index contributed by atoms with van der Waals surface area (Å²) < 4.78 is 0. The van der Waals surface area contributed by atoms with Crippen LogP contribution < -0.4 is 5.73 Å². The van der Waals surface area contributed by atoms with Gasteiger partial charge < -0.3 is 15.5 Å². The number of hydrogen-bond donors (Lipinski definition) is 1. The van der Waals surface area contributed by atoms with E-state index in [0.29, 0.717) is 6.04 Å². The largest absolute Gasteiger partial charge is 0.337 e. The molecule has 0 aromatic carbocycles. The quantitative estimate of drug-likeness (QED) is 0.741. The van der Waals surface area contributed by atoms with Gasteiger partial charge in [-0.2, -0.15) is 0 Å². The fourth-order valence-electron chi connectivity index (χ4n) is 2.86. The zero-order chi connectivity index (χ0) is 11.5. The number of likely N-dealkylation sites (N-methyl/N-ethyl adjacent to an activating group) is 1. The van der Waals surface area contributed by atoms with Crippen LogP contribution in [0.1, 0.15) is 32.6 Å². The Morgan fingerprint density at radius 2 is 2.06 bits per heavy atom. The average Bonchev–Trinajstić information content (AvgIpc) is 2.33. The van der Waals surface area contributed by atoms with Gasteiger partial charge in [0, 0.05) is 19.1 Å². The Bertz CT molecular complexity index is 257. The van der Waals surface area contributed by atoms with Gasteiger partial charge >= 0.3 is 0 Å². The van der Waals surface area contributed by atoms with Gasteiger partial charge in [-0.1, -0.05) is 6.92 Å². The van der Waals surface area contributed by atoms with E-state index in [1.54, 1.807) is 0 Å². The lowest BCUT2D eigenvalue weighted by Crippen LogP contribution is -2.56. The van der Waals surface area contributed by atoms with Gasteiger partial charge in [-0.25, -0.2) is 0 Å². The molecule has 0 aliphatic carbocycles. The lowest BCUT2D eigenvalue weighted by molar-refractivity contribution is -0.138. The summed E-state index contributed by atoms with van der Waals surface area (Å²) in [7, 11) is 0. The number of amides is 1. The van der Waals surface area contributed by atoms with Crippen molar-refractivity contribution < 1.29 is 4.79 Å². The molecule has 2 unspecified atom stereocenters. The molecule has 1 amide bonds. The van der Waals surface area contributed by atoms with Crippen molar-refractivity contribution in [3.8, 4) is 0 Å². The first kappa shape index (κ1) is 11.9. The Morgan fingerprint density at radius 1 is 1.31 bits per heavy atom. The summed E-state index contributed by atoms with van der Waals surface area (Å²) in [5, 5.41) is 0. The number of likely N-dealkylation sites (tertiary alicyclic amines) is 2. The van der Waals surface area contributed by atoms with Gasteiger partial charge in [0.1, 0.15) is 0 Å². The van der Waals surface area contributed by atoms with Gasteiger partial charge in [0.25, 0.3) is 0 Å². The Balaban J connectivity index is 1.97. The monoisotopic (exact) mass is 225 g/mol. The van der Waals surface area contributed by atoms with Crippen LogP contribution in [0.4, 0.5) is 0 Å². The summed E-state index contributed by atoms with van der Waals surface area (Å²) in [6.07, 6.45) is 4.28. The molecule has 2 fully saturated rings. The Hall–Kier alpha value is -0.610. The van der Waals surface area contributed by atoms with E-state index in [0.717, 1.165) is 38.9 Å². The molecule has 2 saturated heterocycles. The predicted octanol–water partition coefficient (Wildman–Crippen LogP) is 0.420. The first-order valence-electron chi connectivity index (χ1n) is 6.50. The minimum absolute atomic E-state index is 0.175. The zero-order valence-corrected chi connectivity index (χ0v) is 10.2. The summed E-state index contributed by atoms with van der Waals surface area (Å²) in [6, 6.07) is 0.165. The van der Waals surface area contributed by atoms with E-state index in [9.17, 15) is 4.79 Å². The van der Waals surface area contributed by atoms with Crippen molar-refractivity contribution in [2.45, 2.75) is 44.7 Å². The van der Waals surface area contributed by atoms with Crippen molar-refractivity contribution in [2.75, 3.05) is 26.2 Å². The summed E-state index contributed by atoms with van der Waals surface area (Å²) in [5.74, 6) is 0.175. The Morgan fingerprint density at radius 3 is 2.81 bits per heavy atom. The van der Waals surface area contributed by atoms with Crippen LogP contribution in [0.2, 0.25) is 0 Å². The second kappa shape index (κ2) is 5.15. The maximum Gasteiger partial charge on any atom is 0.239 e. The van der Waals surface area contributed by atoms with E-state index in [1.165, 1.54) is 13.0 Å². The second-order valence-electron chi connectivity index (χ2n) is 4.97. The molecule has 2 aliphatic rings. The second-order valence-corrected chi connectivity index (χ2v) is 4.97. The molecule has 0 saturated carbocycles.